The summed E-state index contributed by atoms with van der Waals surface area (Å²) in [5.74, 6) is 1.41. The number of nitrogens with one attached hydrogen (secondary N) is 1. The minimum Gasteiger partial charge on any atom is -0.326 e. The van der Waals surface area contributed by atoms with Crippen LogP contribution in [0.15, 0.2) is 30.4 Å². The molecule has 0 unspecified atom stereocenters. The number of carbonyl (C=O) groups is 1. The molecule has 2 aliphatic carbocycles. The molecule has 0 aliphatic heterocycles. The Bertz CT molecular complexity index is 539. The lowest BCUT2D eigenvalue weighted by atomic mass is 10.1. The predicted octanol–water partition coefficient (Wildman–Crippen LogP) is 4.92. The Hall–Kier alpha value is -0.990. The molecule has 20 heavy (non-hydrogen) atoms. The largest absolute Gasteiger partial charge is 0.326 e. The van der Waals surface area contributed by atoms with Gasteiger partial charge in [-0.2, -0.15) is 0 Å². The number of carbonyl (C=O) groups excluding carboxylic acids is 1. The number of fused-ring (bicyclic) bond motifs is 1. The summed E-state index contributed by atoms with van der Waals surface area (Å²) < 4.78 is 0. The molecule has 1 aromatic carbocycles. The van der Waals surface area contributed by atoms with E-state index < -0.39 is 0 Å². The summed E-state index contributed by atoms with van der Waals surface area (Å²) in [4.78, 5) is 12.4. The maximum Gasteiger partial charge on any atom is 0.228 e. The molecule has 0 heterocycles. The monoisotopic (exact) mass is 309 g/mol. The molecule has 2 atom stereocenters. The van der Waals surface area contributed by atoms with Gasteiger partial charge in [-0.15, -0.1) is 0 Å². The maximum absolute atomic E-state index is 12.4. The van der Waals surface area contributed by atoms with Gasteiger partial charge in [0.1, 0.15) is 0 Å². The van der Waals surface area contributed by atoms with Crippen LogP contribution in [0.1, 0.15) is 25.7 Å². The molecule has 0 bridgehead atoms. The average Bonchev–Trinajstić information content (AvgIpc) is 3.05. The van der Waals surface area contributed by atoms with Crippen LogP contribution in [-0.2, 0) is 4.79 Å². The summed E-state index contributed by atoms with van der Waals surface area (Å²) in [6, 6.07) is 5.20. The number of amides is 1. The van der Waals surface area contributed by atoms with Crippen LogP contribution < -0.4 is 5.32 Å². The Morgan fingerprint density at radius 2 is 1.70 bits per heavy atom. The Kier molecular flexibility index (Phi) is 4.04. The van der Waals surface area contributed by atoms with Gasteiger partial charge in [0.15, 0.2) is 0 Å². The van der Waals surface area contributed by atoms with Gasteiger partial charge in [0.2, 0.25) is 5.91 Å². The second-order valence-corrected chi connectivity index (χ2v) is 6.41. The molecular weight excluding hydrogens is 293 g/mol. The lowest BCUT2D eigenvalue weighted by molar-refractivity contribution is -0.117. The van der Waals surface area contributed by atoms with Crippen molar-refractivity contribution >= 4 is 34.8 Å². The van der Waals surface area contributed by atoms with Gasteiger partial charge < -0.3 is 5.32 Å². The van der Waals surface area contributed by atoms with Crippen LogP contribution in [0.5, 0.6) is 0 Å². The summed E-state index contributed by atoms with van der Waals surface area (Å²) in [7, 11) is 0. The van der Waals surface area contributed by atoms with E-state index in [-0.39, 0.29) is 11.8 Å². The summed E-state index contributed by atoms with van der Waals surface area (Å²) in [5.41, 5.74) is 0.724. The Labute approximate surface area is 129 Å². The van der Waals surface area contributed by atoms with Gasteiger partial charge in [-0.1, -0.05) is 35.4 Å². The first-order valence-electron chi connectivity index (χ1n) is 7.08. The summed E-state index contributed by atoms with van der Waals surface area (Å²) in [6.07, 6.45) is 8.92. The molecule has 1 amide bonds. The van der Waals surface area contributed by atoms with Crippen molar-refractivity contribution in [2.75, 3.05) is 5.32 Å². The topological polar surface area (TPSA) is 29.1 Å². The molecule has 4 heteroatoms. The van der Waals surface area contributed by atoms with Crippen molar-refractivity contribution < 1.29 is 4.79 Å². The van der Waals surface area contributed by atoms with Crippen LogP contribution in [0.4, 0.5) is 5.69 Å². The van der Waals surface area contributed by atoms with Gasteiger partial charge >= 0.3 is 0 Å². The molecule has 106 valence electrons. The highest BCUT2D eigenvalue weighted by Crippen LogP contribution is 2.53. The van der Waals surface area contributed by atoms with E-state index in [2.05, 4.69) is 17.5 Å². The van der Waals surface area contributed by atoms with E-state index in [1.807, 2.05) is 0 Å². The second-order valence-electron chi connectivity index (χ2n) is 5.60. The Morgan fingerprint density at radius 3 is 2.30 bits per heavy atom. The lowest BCUT2D eigenvalue weighted by Gasteiger charge is -2.06. The van der Waals surface area contributed by atoms with Crippen LogP contribution >= 0.6 is 23.2 Å². The Balaban J connectivity index is 1.64. The van der Waals surface area contributed by atoms with E-state index in [0.717, 1.165) is 31.4 Å². The molecule has 0 saturated heterocycles. The Morgan fingerprint density at radius 1 is 1.05 bits per heavy atom. The number of anilines is 1. The molecular formula is C16H17Cl2NO. The molecule has 2 nitrogen and oxygen atoms in total. The van der Waals surface area contributed by atoms with Crippen molar-refractivity contribution in [2.24, 2.45) is 17.8 Å². The summed E-state index contributed by atoms with van der Waals surface area (Å²) in [6.45, 7) is 0. The summed E-state index contributed by atoms with van der Waals surface area (Å²) >= 11 is 11.8. The number of benzene rings is 1. The molecule has 1 fully saturated rings. The van der Waals surface area contributed by atoms with Gasteiger partial charge in [0.25, 0.3) is 0 Å². The molecule has 1 N–H and O–H groups in total. The van der Waals surface area contributed by atoms with Gasteiger partial charge in [-0.25, -0.2) is 0 Å². The number of rotatable bonds is 2. The minimum atomic E-state index is 0.125. The fourth-order valence-electron chi connectivity index (χ4n) is 3.23. The normalized spacial score (nSPS) is 29.8. The molecule has 0 radical (unpaired) electrons. The van der Waals surface area contributed by atoms with E-state index in [1.165, 1.54) is 0 Å². The lowest BCUT2D eigenvalue weighted by Crippen LogP contribution is -2.15. The van der Waals surface area contributed by atoms with Gasteiger partial charge in [-0.3, -0.25) is 4.79 Å². The van der Waals surface area contributed by atoms with Crippen molar-refractivity contribution in [3.63, 3.8) is 0 Å². The van der Waals surface area contributed by atoms with Crippen molar-refractivity contribution in [1.82, 2.24) is 0 Å². The zero-order valence-corrected chi connectivity index (χ0v) is 12.6. The number of hydrogen-bond acceptors (Lipinski definition) is 1. The van der Waals surface area contributed by atoms with Crippen LogP contribution in [0.25, 0.3) is 0 Å². The van der Waals surface area contributed by atoms with Crippen molar-refractivity contribution in [3.8, 4) is 0 Å². The average molecular weight is 310 g/mol. The summed E-state index contributed by atoms with van der Waals surface area (Å²) in [5, 5.41) is 3.94. The molecule has 1 aromatic rings. The van der Waals surface area contributed by atoms with E-state index in [1.54, 1.807) is 18.2 Å². The highest BCUT2D eigenvalue weighted by Gasteiger charge is 2.53. The molecule has 0 spiro atoms. The van der Waals surface area contributed by atoms with Crippen LogP contribution in [0.3, 0.4) is 0 Å². The van der Waals surface area contributed by atoms with E-state index >= 15 is 0 Å². The standard InChI is InChI=1S/C16H17Cl2NO/c17-13-8-7-10(9-14(13)18)19-16(20)15-11-5-3-1-2-4-6-12(11)15/h1-2,7-9,11-12,15H,3-6H2,(H,19,20)/b2-1-/t11-,12-/m1/s1. The zero-order valence-electron chi connectivity index (χ0n) is 11.1. The van der Waals surface area contributed by atoms with E-state index in [0.29, 0.717) is 21.9 Å². The third-order valence-corrected chi connectivity index (χ3v) is 5.06. The number of allylic oxidation sites excluding steroid dienone is 2. The SMILES string of the molecule is O=C(Nc1ccc(Cl)c(Cl)c1)C1[C@@H]2CC/C=C\CC[C@@H]12. The van der Waals surface area contributed by atoms with Crippen molar-refractivity contribution in [1.29, 1.82) is 0 Å². The minimum absolute atomic E-state index is 0.125. The fourth-order valence-corrected chi connectivity index (χ4v) is 3.53. The quantitative estimate of drug-likeness (QED) is 0.771. The third-order valence-electron chi connectivity index (χ3n) is 4.32. The van der Waals surface area contributed by atoms with Gasteiger partial charge in [0.05, 0.1) is 10.0 Å². The third kappa shape index (κ3) is 2.87. The van der Waals surface area contributed by atoms with E-state index in [9.17, 15) is 4.79 Å². The van der Waals surface area contributed by atoms with Gasteiger partial charge in [-0.05, 0) is 55.7 Å². The second kappa shape index (κ2) is 5.79. The first-order chi connectivity index (χ1) is 9.66. The molecule has 2 aliphatic rings. The van der Waals surface area contributed by atoms with Crippen molar-refractivity contribution in [3.05, 3.63) is 40.4 Å². The van der Waals surface area contributed by atoms with E-state index in [4.69, 9.17) is 23.2 Å². The smallest absolute Gasteiger partial charge is 0.228 e. The fraction of sp³-hybridized carbons (Fsp3) is 0.438. The van der Waals surface area contributed by atoms with Gasteiger partial charge in [0, 0.05) is 11.6 Å². The predicted molar refractivity (Wildman–Crippen MR) is 83.2 cm³/mol. The molecule has 0 aromatic heterocycles. The van der Waals surface area contributed by atoms with Crippen molar-refractivity contribution in [2.45, 2.75) is 25.7 Å². The maximum atomic E-state index is 12.4. The highest BCUT2D eigenvalue weighted by atomic mass is 35.5. The first-order valence-corrected chi connectivity index (χ1v) is 7.83. The molecule has 3 rings (SSSR count). The molecule has 1 saturated carbocycles. The van der Waals surface area contributed by atoms with Crippen LogP contribution in [0, 0.1) is 17.8 Å². The van der Waals surface area contributed by atoms with Crippen LogP contribution in [-0.4, -0.2) is 5.91 Å². The zero-order chi connectivity index (χ0) is 14.1. The highest BCUT2D eigenvalue weighted by molar-refractivity contribution is 6.42. The number of hydrogen-bond donors (Lipinski definition) is 1. The first kappa shape index (κ1) is 14.0. The van der Waals surface area contributed by atoms with Crippen LogP contribution in [0.2, 0.25) is 10.0 Å². The number of halogens is 2.